The number of amides is 2. The molecule has 7 heteroatoms. The van der Waals surface area contributed by atoms with Crippen LogP contribution < -0.4 is 19.5 Å². The highest BCUT2D eigenvalue weighted by molar-refractivity contribution is 6.04. The lowest BCUT2D eigenvalue weighted by molar-refractivity contribution is -0.125. The summed E-state index contributed by atoms with van der Waals surface area (Å²) < 4.78 is 15.9. The maximum absolute atomic E-state index is 13.3. The molecule has 0 radical (unpaired) electrons. The number of methoxy groups -OCH3 is 3. The summed E-state index contributed by atoms with van der Waals surface area (Å²) in [4.78, 5) is 28.1. The van der Waals surface area contributed by atoms with Crippen LogP contribution in [0.5, 0.6) is 17.2 Å². The summed E-state index contributed by atoms with van der Waals surface area (Å²) in [5.41, 5.74) is 3.18. The van der Waals surface area contributed by atoms with Gasteiger partial charge in [-0.3, -0.25) is 9.59 Å². The van der Waals surface area contributed by atoms with Crippen molar-refractivity contribution < 1.29 is 23.8 Å². The van der Waals surface area contributed by atoms with E-state index in [0.717, 1.165) is 16.7 Å². The molecule has 176 valence electrons. The van der Waals surface area contributed by atoms with E-state index in [1.165, 1.54) is 0 Å². The van der Waals surface area contributed by atoms with Crippen LogP contribution in [0.4, 0.5) is 0 Å². The lowest BCUT2D eigenvalue weighted by Crippen LogP contribution is -2.39. The largest absolute Gasteiger partial charge is 0.497 e. The van der Waals surface area contributed by atoms with Gasteiger partial charge in [0.1, 0.15) is 11.8 Å². The summed E-state index contributed by atoms with van der Waals surface area (Å²) in [7, 11) is 4.79. The van der Waals surface area contributed by atoms with Crippen molar-refractivity contribution in [2.75, 3.05) is 27.9 Å². The number of hydrogen-bond donors (Lipinski definition) is 1. The van der Waals surface area contributed by atoms with Crippen molar-refractivity contribution in [3.63, 3.8) is 0 Å². The van der Waals surface area contributed by atoms with Crippen LogP contribution in [-0.2, 0) is 17.8 Å². The van der Waals surface area contributed by atoms with Gasteiger partial charge in [-0.05, 0) is 53.4 Å². The van der Waals surface area contributed by atoms with E-state index < -0.39 is 6.04 Å². The van der Waals surface area contributed by atoms with Gasteiger partial charge in [-0.1, -0.05) is 36.4 Å². The number of nitrogens with one attached hydrogen (secondary N) is 1. The van der Waals surface area contributed by atoms with Gasteiger partial charge in [-0.25, -0.2) is 0 Å². The Hall–Kier alpha value is -4.00. The van der Waals surface area contributed by atoms with Gasteiger partial charge in [-0.2, -0.15) is 0 Å². The van der Waals surface area contributed by atoms with Crippen molar-refractivity contribution in [1.29, 1.82) is 0 Å². The summed E-state index contributed by atoms with van der Waals surface area (Å²) in [5.74, 6) is 1.65. The molecule has 34 heavy (non-hydrogen) atoms. The molecule has 2 amide bonds. The summed E-state index contributed by atoms with van der Waals surface area (Å²) in [6, 6.07) is 19.8. The van der Waals surface area contributed by atoms with Crippen molar-refractivity contribution in [2.24, 2.45) is 0 Å². The van der Waals surface area contributed by atoms with Gasteiger partial charge in [-0.15, -0.1) is 0 Å². The lowest BCUT2D eigenvalue weighted by atomic mass is 10.0. The molecule has 1 aliphatic heterocycles. The van der Waals surface area contributed by atoms with Crippen molar-refractivity contribution >= 4 is 11.8 Å². The molecule has 1 aliphatic rings. The van der Waals surface area contributed by atoms with Crippen LogP contribution in [0.3, 0.4) is 0 Å². The number of fused-ring (bicyclic) bond motifs is 1. The van der Waals surface area contributed by atoms with Gasteiger partial charge in [0, 0.05) is 18.7 Å². The third kappa shape index (κ3) is 4.69. The molecule has 0 aromatic heterocycles. The first kappa shape index (κ1) is 23.2. The van der Waals surface area contributed by atoms with Gasteiger partial charge in [0.2, 0.25) is 5.91 Å². The van der Waals surface area contributed by atoms with E-state index in [1.807, 2.05) is 60.7 Å². The molecule has 3 aromatic rings. The second-order valence-corrected chi connectivity index (χ2v) is 8.00. The highest BCUT2D eigenvalue weighted by Crippen LogP contribution is 2.35. The van der Waals surface area contributed by atoms with Crippen LogP contribution in [-0.4, -0.2) is 44.6 Å². The average Bonchev–Trinajstić information content (AvgIpc) is 3.15. The van der Waals surface area contributed by atoms with Crippen LogP contribution in [0.15, 0.2) is 66.7 Å². The van der Waals surface area contributed by atoms with E-state index in [0.29, 0.717) is 42.3 Å². The molecular weight excluding hydrogens is 432 g/mol. The number of benzene rings is 3. The molecule has 1 atom stereocenters. The minimum Gasteiger partial charge on any atom is -0.497 e. The minimum atomic E-state index is -0.694. The highest BCUT2D eigenvalue weighted by atomic mass is 16.5. The van der Waals surface area contributed by atoms with Crippen molar-refractivity contribution in [3.8, 4) is 17.2 Å². The van der Waals surface area contributed by atoms with Crippen LogP contribution >= 0.6 is 0 Å². The fourth-order valence-corrected chi connectivity index (χ4v) is 4.25. The van der Waals surface area contributed by atoms with Crippen LogP contribution in [0, 0.1) is 0 Å². The molecular formula is C27H28N2O5. The quantitative estimate of drug-likeness (QED) is 0.526. The number of nitrogens with zero attached hydrogens (tertiary/aromatic N) is 1. The lowest BCUT2D eigenvalue weighted by Gasteiger charge is -2.25. The number of carbonyl (C=O) groups excluding carboxylic acids is 2. The Bertz CT molecular complexity index is 1190. The Morgan fingerprint density at radius 2 is 1.68 bits per heavy atom. The molecule has 7 nitrogen and oxygen atoms in total. The first-order valence-corrected chi connectivity index (χ1v) is 11.1. The smallest absolute Gasteiger partial charge is 0.255 e. The molecule has 4 rings (SSSR count). The van der Waals surface area contributed by atoms with E-state index in [1.54, 1.807) is 32.3 Å². The Labute approximate surface area is 199 Å². The third-order valence-electron chi connectivity index (χ3n) is 5.95. The van der Waals surface area contributed by atoms with Gasteiger partial charge < -0.3 is 24.4 Å². The van der Waals surface area contributed by atoms with Crippen LogP contribution in [0.1, 0.15) is 33.1 Å². The molecule has 0 bridgehead atoms. The zero-order valence-corrected chi connectivity index (χ0v) is 19.5. The SMILES string of the molecule is COc1cccc(CN2C(=O)c3ccccc3[C@@H]2C(=O)NCCc2ccc(OC)c(OC)c2)c1. The number of rotatable bonds is 9. The predicted octanol–water partition coefficient (Wildman–Crippen LogP) is 3.77. The van der Waals surface area contributed by atoms with E-state index in [9.17, 15) is 9.59 Å². The Kier molecular flexibility index (Phi) is 7.01. The van der Waals surface area contributed by atoms with Crippen molar-refractivity contribution in [1.82, 2.24) is 10.2 Å². The molecule has 1 N–H and O–H groups in total. The Morgan fingerprint density at radius 3 is 2.44 bits per heavy atom. The zero-order chi connectivity index (χ0) is 24.1. The minimum absolute atomic E-state index is 0.154. The molecule has 0 spiro atoms. The number of hydrogen-bond acceptors (Lipinski definition) is 5. The summed E-state index contributed by atoms with van der Waals surface area (Å²) >= 11 is 0. The second kappa shape index (κ2) is 10.3. The van der Waals surface area contributed by atoms with Gasteiger partial charge in [0.15, 0.2) is 11.5 Å². The molecule has 0 fully saturated rings. The topological polar surface area (TPSA) is 77.1 Å². The molecule has 0 saturated carbocycles. The second-order valence-electron chi connectivity index (χ2n) is 8.00. The summed E-state index contributed by atoms with van der Waals surface area (Å²) in [6.07, 6.45) is 0.615. The van der Waals surface area contributed by atoms with Crippen LogP contribution in [0.25, 0.3) is 0 Å². The molecule has 0 unspecified atom stereocenters. The summed E-state index contributed by atoms with van der Waals surface area (Å²) in [5, 5.41) is 3.01. The van der Waals surface area contributed by atoms with Crippen LogP contribution in [0.2, 0.25) is 0 Å². The Morgan fingerprint density at radius 1 is 0.882 bits per heavy atom. The first-order chi connectivity index (χ1) is 16.5. The van der Waals surface area contributed by atoms with E-state index >= 15 is 0 Å². The zero-order valence-electron chi connectivity index (χ0n) is 19.5. The number of ether oxygens (including phenoxy) is 3. The fraction of sp³-hybridized carbons (Fsp3) is 0.259. The predicted molar refractivity (Wildman–Crippen MR) is 128 cm³/mol. The molecule has 0 aliphatic carbocycles. The van der Waals surface area contributed by atoms with Crippen molar-refractivity contribution in [2.45, 2.75) is 19.0 Å². The third-order valence-corrected chi connectivity index (χ3v) is 5.95. The average molecular weight is 461 g/mol. The molecule has 0 saturated heterocycles. The molecule has 1 heterocycles. The Balaban J connectivity index is 1.50. The molecule has 3 aromatic carbocycles. The standard InChI is InChI=1S/C27H28N2O5/c1-32-20-8-6-7-19(15-20)17-29-25(21-9-4-5-10-22(21)27(29)31)26(30)28-14-13-18-11-12-23(33-2)24(16-18)34-3/h4-12,15-16,25H,13-14,17H2,1-3H3,(H,28,30)/t25-/m1/s1. The monoisotopic (exact) mass is 460 g/mol. The van der Waals surface area contributed by atoms with Gasteiger partial charge in [0.05, 0.1) is 21.3 Å². The van der Waals surface area contributed by atoms with E-state index in [2.05, 4.69) is 5.32 Å². The first-order valence-electron chi connectivity index (χ1n) is 11.1. The van der Waals surface area contributed by atoms with Crippen molar-refractivity contribution in [3.05, 3.63) is 89.0 Å². The van der Waals surface area contributed by atoms with Gasteiger partial charge >= 0.3 is 0 Å². The maximum atomic E-state index is 13.3. The summed E-state index contributed by atoms with van der Waals surface area (Å²) in [6.45, 7) is 0.729. The fourth-order valence-electron chi connectivity index (χ4n) is 4.25. The normalized spacial score (nSPS) is 14.5. The maximum Gasteiger partial charge on any atom is 0.255 e. The number of carbonyl (C=O) groups is 2. The van der Waals surface area contributed by atoms with E-state index in [-0.39, 0.29) is 11.8 Å². The van der Waals surface area contributed by atoms with E-state index in [4.69, 9.17) is 14.2 Å². The highest BCUT2D eigenvalue weighted by Gasteiger charge is 2.40. The van der Waals surface area contributed by atoms with Gasteiger partial charge in [0.25, 0.3) is 5.91 Å².